The molecule has 0 spiro atoms. The number of rotatable bonds is 4. The molecule has 0 bridgehead atoms. The van der Waals surface area contributed by atoms with Crippen LogP contribution in [-0.4, -0.2) is 35.1 Å². The minimum Gasteiger partial charge on any atom is -0.481 e. The highest BCUT2D eigenvalue weighted by molar-refractivity contribution is 5.77. The number of carbonyl (C=O) groups excluding carboxylic acids is 1. The highest BCUT2D eigenvalue weighted by Gasteiger charge is 2.31. The summed E-state index contributed by atoms with van der Waals surface area (Å²) in [5.74, 6) is -1.26. The number of aryl methyl sites for hydroxylation is 1. The average molecular weight is 290 g/mol. The number of nitrogens with zero attached hydrogens (tertiary/aromatic N) is 1. The van der Waals surface area contributed by atoms with Crippen LogP contribution < -0.4 is 5.32 Å². The van der Waals surface area contributed by atoms with Gasteiger partial charge in [0.15, 0.2) is 0 Å². The molecule has 5 heteroatoms. The lowest BCUT2D eigenvalue weighted by Gasteiger charge is -2.21. The maximum absolute atomic E-state index is 12.1. The summed E-state index contributed by atoms with van der Waals surface area (Å²) in [5, 5.41) is 11.9. The Labute approximate surface area is 125 Å². The molecule has 1 fully saturated rings. The number of hydrogen-bond acceptors (Lipinski definition) is 2. The molecular weight excluding hydrogens is 268 g/mol. The molecule has 1 aliphatic rings. The molecule has 1 aliphatic heterocycles. The molecule has 1 heterocycles. The van der Waals surface area contributed by atoms with Gasteiger partial charge in [0.05, 0.1) is 12.0 Å². The second-order valence-electron chi connectivity index (χ2n) is 5.54. The van der Waals surface area contributed by atoms with E-state index in [1.165, 1.54) is 5.56 Å². The number of urea groups is 1. The summed E-state index contributed by atoms with van der Waals surface area (Å²) < 4.78 is 0. The minimum atomic E-state index is -0.825. The Morgan fingerprint density at radius 2 is 2.05 bits per heavy atom. The second-order valence-corrected chi connectivity index (χ2v) is 5.54. The van der Waals surface area contributed by atoms with Crippen LogP contribution in [0.15, 0.2) is 24.3 Å². The zero-order valence-electron chi connectivity index (χ0n) is 12.5. The SMILES string of the molecule is CCc1ccc(C(C)NC(=O)N2CCC(C(=O)O)C2)cc1. The van der Waals surface area contributed by atoms with Crippen molar-refractivity contribution in [1.82, 2.24) is 10.2 Å². The molecule has 1 aromatic rings. The summed E-state index contributed by atoms with van der Waals surface area (Å²) in [5.41, 5.74) is 2.32. The van der Waals surface area contributed by atoms with Gasteiger partial charge in [0, 0.05) is 13.1 Å². The van der Waals surface area contributed by atoms with Crippen LogP contribution in [0.2, 0.25) is 0 Å². The van der Waals surface area contributed by atoms with Crippen LogP contribution in [-0.2, 0) is 11.2 Å². The van der Waals surface area contributed by atoms with Crippen molar-refractivity contribution < 1.29 is 14.7 Å². The summed E-state index contributed by atoms with van der Waals surface area (Å²) in [7, 11) is 0. The summed E-state index contributed by atoms with van der Waals surface area (Å²) in [6.07, 6.45) is 1.52. The van der Waals surface area contributed by atoms with Crippen LogP contribution in [0, 0.1) is 5.92 Å². The lowest BCUT2D eigenvalue weighted by Crippen LogP contribution is -2.40. The van der Waals surface area contributed by atoms with Crippen molar-refractivity contribution in [2.45, 2.75) is 32.7 Å². The summed E-state index contributed by atoms with van der Waals surface area (Å²) in [6, 6.07) is 7.89. The number of amides is 2. The lowest BCUT2D eigenvalue weighted by molar-refractivity contribution is -0.141. The molecule has 2 rings (SSSR count). The summed E-state index contributed by atoms with van der Waals surface area (Å²) >= 11 is 0. The first kappa shape index (κ1) is 15.4. The Morgan fingerprint density at radius 3 is 2.57 bits per heavy atom. The van der Waals surface area contributed by atoms with E-state index < -0.39 is 11.9 Å². The lowest BCUT2D eigenvalue weighted by atomic mass is 10.1. The van der Waals surface area contributed by atoms with Gasteiger partial charge in [-0.2, -0.15) is 0 Å². The van der Waals surface area contributed by atoms with Crippen LogP contribution in [0.5, 0.6) is 0 Å². The van der Waals surface area contributed by atoms with E-state index in [4.69, 9.17) is 5.11 Å². The van der Waals surface area contributed by atoms with E-state index in [9.17, 15) is 9.59 Å². The zero-order chi connectivity index (χ0) is 15.4. The molecule has 0 saturated carbocycles. The summed E-state index contributed by atoms with van der Waals surface area (Å²) in [6.45, 7) is 4.84. The van der Waals surface area contributed by atoms with Crippen molar-refractivity contribution in [3.8, 4) is 0 Å². The van der Waals surface area contributed by atoms with E-state index in [1.54, 1.807) is 4.90 Å². The number of aliphatic carboxylic acids is 1. The van der Waals surface area contributed by atoms with Crippen LogP contribution >= 0.6 is 0 Å². The van der Waals surface area contributed by atoms with Crippen LogP contribution in [0.3, 0.4) is 0 Å². The fourth-order valence-electron chi connectivity index (χ4n) is 2.55. The first-order valence-corrected chi connectivity index (χ1v) is 7.38. The highest BCUT2D eigenvalue weighted by Crippen LogP contribution is 2.18. The molecule has 2 N–H and O–H groups in total. The highest BCUT2D eigenvalue weighted by atomic mass is 16.4. The molecule has 5 nitrogen and oxygen atoms in total. The maximum Gasteiger partial charge on any atom is 0.317 e. The molecule has 0 aliphatic carbocycles. The molecular formula is C16H22N2O3. The second kappa shape index (κ2) is 6.61. The third-order valence-corrected chi connectivity index (χ3v) is 4.05. The number of likely N-dealkylation sites (tertiary alicyclic amines) is 1. The van der Waals surface area contributed by atoms with Gasteiger partial charge in [0.2, 0.25) is 0 Å². The number of carbonyl (C=O) groups is 2. The number of nitrogens with one attached hydrogen (secondary N) is 1. The van der Waals surface area contributed by atoms with E-state index in [1.807, 2.05) is 19.1 Å². The Balaban J connectivity index is 1.91. The van der Waals surface area contributed by atoms with Gasteiger partial charge >= 0.3 is 12.0 Å². The Kier molecular flexibility index (Phi) is 4.83. The van der Waals surface area contributed by atoms with E-state index in [-0.39, 0.29) is 12.1 Å². The maximum atomic E-state index is 12.1. The molecule has 114 valence electrons. The zero-order valence-corrected chi connectivity index (χ0v) is 12.5. The van der Waals surface area contributed by atoms with Crippen molar-refractivity contribution in [2.75, 3.05) is 13.1 Å². The third-order valence-electron chi connectivity index (χ3n) is 4.05. The molecule has 2 unspecified atom stereocenters. The Hall–Kier alpha value is -2.04. The molecule has 1 aromatic carbocycles. The molecule has 0 aromatic heterocycles. The number of benzene rings is 1. The van der Waals surface area contributed by atoms with E-state index in [0.29, 0.717) is 19.5 Å². The molecule has 2 atom stereocenters. The van der Waals surface area contributed by atoms with Gasteiger partial charge in [0.1, 0.15) is 0 Å². The standard InChI is InChI=1S/C16H22N2O3/c1-3-12-4-6-13(7-5-12)11(2)17-16(21)18-9-8-14(10-18)15(19)20/h4-7,11,14H,3,8-10H2,1-2H3,(H,17,21)(H,19,20). The van der Waals surface area contributed by atoms with Crippen LogP contribution in [0.25, 0.3) is 0 Å². The fraction of sp³-hybridized carbons (Fsp3) is 0.500. The number of carboxylic acids is 1. The molecule has 21 heavy (non-hydrogen) atoms. The molecule has 0 radical (unpaired) electrons. The quantitative estimate of drug-likeness (QED) is 0.894. The van der Waals surface area contributed by atoms with E-state index in [0.717, 1.165) is 12.0 Å². The monoisotopic (exact) mass is 290 g/mol. The topological polar surface area (TPSA) is 69.6 Å². The predicted octanol–water partition coefficient (Wildman–Crippen LogP) is 2.43. The average Bonchev–Trinajstić information content (AvgIpc) is 2.97. The van der Waals surface area contributed by atoms with Gasteiger partial charge in [-0.25, -0.2) is 4.79 Å². The van der Waals surface area contributed by atoms with Crippen molar-refractivity contribution >= 4 is 12.0 Å². The molecule has 1 saturated heterocycles. The smallest absolute Gasteiger partial charge is 0.317 e. The van der Waals surface area contributed by atoms with Gasteiger partial charge in [-0.05, 0) is 30.9 Å². The van der Waals surface area contributed by atoms with Crippen molar-refractivity contribution in [1.29, 1.82) is 0 Å². The normalized spacial score (nSPS) is 19.3. The first-order valence-electron chi connectivity index (χ1n) is 7.38. The van der Waals surface area contributed by atoms with Gasteiger partial charge in [-0.3, -0.25) is 4.79 Å². The van der Waals surface area contributed by atoms with Crippen molar-refractivity contribution in [2.24, 2.45) is 5.92 Å². The third kappa shape index (κ3) is 3.74. The van der Waals surface area contributed by atoms with Gasteiger partial charge in [-0.15, -0.1) is 0 Å². The van der Waals surface area contributed by atoms with Gasteiger partial charge < -0.3 is 15.3 Å². The summed E-state index contributed by atoms with van der Waals surface area (Å²) in [4.78, 5) is 24.6. The number of carboxylic acid groups (broad SMARTS) is 1. The van der Waals surface area contributed by atoms with Gasteiger partial charge in [0.25, 0.3) is 0 Å². The van der Waals surface area contributed by atoms with Gasteiger partial charge in [-0.1, -0.05) is 31.2 Å². The largest absolute Gasteiger partial charge is 0.481 e. The Bertz CT molecular complexity index is 513. The van der Waals surface area contributed by atoms with Crippen molar-refractivity contribution in [3.63, 3.8) is 0 Å². The number of hydrogen-bond donors (Lipinski definition) is 2. The van der Waals surface area contributed by atoms with E-state index in [2.05, 4.69) is 24.4 Å². The Morgan fingerprint density at radius 1 is 1.38 bits per heavy atom. The minimum absolute atomic E-state index is 0.0905. The first-order chi connectivity index (χ1) is 10.0. The van der Waals surface area contributed by atoms with Crippen LogP contribution in [0.1, 0.15) is 37.4 Å². The van der Waals surface area contributed by atoms with Crippen molar-refractivity contribution in [3.05, 3.63) is 35.4 Å². The molecule has 2 amide bonds. The fourth-order valence-corrected chi connectivity index (χ4v) is 2.55. The predicted molar refractivity (Wildman–Crippen MR) is 80.1 cm³/mol. The van der Waals surface area contributed by atoms with E-state index >= 15 is 0 Å². The van der Waals surface area contributed by atoms with Crippen LogP contribution in [0.4, 0.5) is 4.79 Å².